The monoisotopic (exact) mass is 174 g/mol. The third-order valence-electron chi connectivity index (χ3n) is 2.01. The van der Waals surface area contributed by atoms with E-state index in [0.717, 1.165) is 17.6 Å². The summed E-state index contributed by atoms with van der Waals surface area (Å²) in [4.78, 5) is 11.1. The molecule has 1 aliphatic heterocycles. The van der Waals surface area contributed by atoms with E-state index < -0.39 is 0 Å². The quantitative estimate of drug-likeness (QED) is 0.481. The lowest BCUT2D eigenvalue weighted by Gasteiger charge is -1.93. The first-order valence-electron chi connectivity index (χ1n) is 4.29. The third kappa shape index (κ3) is 1.78. The number of ether oxygens (including phenoxy) is 1. The number of hydrogen-bond acceptors (Lipinski definition) is 2. The van der Waals surface area contributed by atoms with E-state index in [2.05, 4.69) is 0 Å². The Labute approximate surface area is 76.8 Å². The molecule has 1 saturated heterocycles. The molecule has 2 rings (SSSR count). The van der Waals surface area contributed by atoms with Crippen LogP contribution in [0.15, 0.2) is 35.9 Å². The van der Waals surface area contributed by atoms with Crippen LogP contribution in [0.4, 0.5) is 0 Å². The Kier molecular flexibility index (Phi) is 2.13. The van der Waals surface area contributed by atoms with Gasteiger partial charge >= 0.3 is 5.97 Å². The van der Waals surface area contributed by atoms with Crippen molar-refractivity contribution < 1.29 is 9.53 Å². The average molecular weight is 174 g/mol. The Morgan fingerprint density at radius 1 is 1.23 bits per heavy atom. The second-order valence-electron chi connectivity index (χ2n) is 2.97. The van der Waals surface area contributed by atoms with Crippen molar-refractivity contribution in [3.63, 3.8) is 0 Å². The van der Waals surface area contributed by atoms with Gasteiger partial charge in [0.15, 0.2) is 0 Å². The molecule has 1 aromatic carbocycles. The molecule has 0 unspecified atom stereocenters. The maximum Gasteiger partial charge on any atom is 0.334 e. The van der Waals surface area contributed by atoms with Crippen molar-refractivity contribution in [3.05, 3.63) is 41.5 Å². The van der Waals surface area contributed by atoms with Gasteiger partial charge in [-0.05, 0) is 11.6 Å². The van der Waals surface area contributed by atoms with Crippen LogP contribution in [0.5, 0.6) is 0 Å². The van der Waals surface area contributed by atoms with Crippen LogP contribution in [0, 0.1) is 0 Å². The van der Waals surface area contributed by atoms with Gasteiger partial charge in [-0.25, -0.2) is 4.79 Å². The molecule has 1 aromatic rings. The molecule has 1 aliphatic rings. The number of rotatable bonds is 1. The first-order valence-corrected chi connectivity index (χ1v) is 4.29. The van der Waals surface area contributed by atoms with Gasteiger partial charge in [-0.15, -0.1) is 0 Å². The molecule has 1 fully saturated rings. The van der Waals surface area contributed by atoms with E-state index in [1.165, 1.54) is 0 Å². The molecule has 66 valence electrons. The van der Waals surface area contributed by atoms with Crippen LogP contribution < -0.4 is 0 Å². The maximum absolute atomic E-state index is 11.1. The zero-order valence-electron chi connectivity index (χ0n) is 7.19. The molecular formula is C11H10O2. The first-order chi connectivity index (χ1) is 6.36. The second kappa shape index (κ2) is 3.44. The molecule has 2 heteroatoms. The summed E-state index contributed by atoms with van der Waals surface area (Å²) >= 11 is 0. The lowest BCUT2D eigenvalue weighted by atomic mass is 10.1. The summed E-state index contributed by atoms with van der Waals surface area (Å²) < 4.78 is 4.83. The predicted molar refractivity (Wildman–Crippen MR) is 50.0 cm³/mol. The predicted octanol–water partition coefficient (Wildman–Crippen LogP) is 2.02. The minimum Gasteiger partial charge on any atom is -0.462 e. The normalized spacial score (nSPS) is 19.1. The van der Waals surface area contributed by atoms with E-state index in [9.17, 15) is 4.79 Å². The summed E-state index contributed by atoms with van der Waals surface area (Å²) in [5.74, 6) is -0.177. The molecule has 1 heterocycles. The third-order valence-corrected chi connectivity index (χ3v) is 2.01. The Bertz CT molecular complexity index is 338. The van der Waals surface area contributed by atoms with Gasteiger partial charge in [-0.3, -0.25) is 0 Å². The van der Waals surface area contributed by atoms with Gasteiger partial charge in [0, 0.05) is 12.0 Å². The molecule has 0 spiro atoms. The lowest BCUT2D eigenvalue weighted by Crippen LogP contribution is -1.93. The van der Waals surface area contributed by atoms with Crippen molar-refractivity contribution >= 4 is 12.0 Å². The van der Waals surface area contributed by atoms with Crippen LogP contribution in [0.2, 0.25) is 0 Å². The highest BCUT2D eigenvalue weighted by Gasteiger charge is 2.17. The van der Waals surface area contributed by atoms with Gasteiger partial charge in [-0.1, -0.05) is 30.3 Å². The molecule has 0 saturated carbocycles. The number of carbonyl (C=O) groups is 1. The molecule has 0 bridgehead atoms. The fraction of sp³-hybridized carbons (Fsp3) is 0.182. The SMILES string of the molecule is O=C1OCC/C1=C/c1ccccc1. The number of benzene rings is 1. The largest absolute Gasteiger partial charge is 0.462 e. The zero-order chi connectivity index (χ0) is 9.10. The van der Waals surface area contributed by atoms with Crippen molar-refractivity contribution in [2.45, 2.75) is 6.42 Å². The zero-order valence-corrected chi connectivity index (χ0v) is 7.19. The fourth-order valence-electron chi connectivity index (χ4n) is 1.33. The molecular weight excluding hydrogens is 164 g/mol. The van der Waals surface area contributed by atoms with Gasteiger partial charge in [0.2, 0.25) is 0 Å². The summed E-state index contributed by atoms with van der Waals surface area (Å²) in [6.07, 6.45) is 2.61. The standard InChI is InChI=1S/C11H10O2/c12-11-10(6-7-13-11)8-9-4-2-1-3-5-9/h1-5,8H,6-7H2/b10-8-. The van der Waals surface area contributed by atoms with Crippen LogP contribution >= 0.6 is 0 Å². The molecule has 0 aromatic heterocycles. The van der Waals surface area contributed by atoms with E-state index in [-0.39, 0.29) is 5.97 Å². The highest BCUT2D eigenvalue weighted by molar-refractivity contribution is 5.95. The smallest absolute Gasteiger partial charge is 0.334 e. The maximum atomic E-state index is 11.1. The molecule has 0 aliphatic carbocycles. The molecule has 13 heavy (non-hydrogen) atoms. The van der Waals surface area contributed by atoms with Gasteiger partial charge < -0.3 is 4.74 Å². The molecule has 0 amide bonds. The van der Waals surface area contributed by atoms with Gasteiger partial charge in [-0.2, -0.15) is 0 Å². The van der Waals surface area contributed by atoms with Crippen molar-refractivity contribution in [1.29, 1.82) is 0 Å². The molecule has 2 nitrogen and oxygen atoms in total. The van der Waals surface area contributed by atoms with E-state index in [1.54, 1.807) is 0 Å². The van der Waals surface area contributed by atoms with Crippen LogP contribution in [0.1, 0.15) is 12.0 Å². The first kappa shape index (κ1) is 8.05. The van der Waals surface area contributed by atoms with Crippen molar-refractivity contribution in [2.24, 2.45) is 0 Å². The van der Waals surface area contributed by atoms with Crippen LogP contribution in [-0.4, -0.2) is 12.6 Å². The second-order valence-corrected chi connectivity index (χ2v) is 2.97. The highest BCUT2D eigenvalue weighted by Crippen LogP contribution is 2.16. The summed E-state index contributed by atoms with van der Waals surface area (Å²) in [7, 11) is 0. The lowest BCUT2D eigenvalue weighted by molar-refractivity contribution is -0.134. The number of esters is 1. The Morgan fingerprint density at radius 2 is 2.00 bits per heavy atom. The molecule has 0 radical (unpaired) electrons. The Hall–Kier alpha value is -1.57. The van der Waals surface area contributed by atoms with E-state index in [4.69, 9.17) is 4.74 Å². The minimum atomic E-state index is -0.177. The minimum absolute atomic E-state index is 0.177. The highest BCUT2D eigenvalue weighted by atomic mass is 16.5. The van der Waals surface area contributed by atoms with Crippen LogP contribution in [0.3, 0.4) is 0 Å². The molecule has 0 atom stereocenters. The summed E-state index contributed by atoms with van der Waals surface area (Å²) in [6.45, 7) is 0.525. The molecule has 0 N–H and O–H groups in total. The Balaban J connectivity index is 2.25. The topological polar surface area (TPSA) is 26.3 Å². The van der Waals surface area contributed by atoms with Crippen LogP contribution in [0.25, 0.3) is 6.08 Å². The van der Waals surface area contributed by atoms with Crippen LogP contribution in [-0.2, 0) is 9.53 Å². The average Bonchev–Trinajstić information content (AvgIpc) is 2.54. The van der Waals surface area contributed by atoms with E-state index in [0.29, 0.717) is 6.61 Å². The van der Waals surface area contributed by atoms with Crippen molar-refractivity contribution in [1.82, 2.24) is 0 Å². The van der Waals surface area contributed by atoms with Gasteiger partial charge in [0.25, 0.3) is 0 Å². The summed E-state index contributed by atoms with van der Waals surface area (Å²) in [5.41, 5.74) is 1.82. The van der Waals surface area contributed by atoms with E-state index in [1.807, 2.05) is 36.4 Å². The van der Waals surface area contributed by atoms with Gasteiger partial charge in [0.05, 0.1) is 6.61 Å². The summed E-state index contributed by atoms with van der Waals surface area (Å²) in [5, 5.41) is 0. The fourth-order valence-corrected chi connectivity index (χ4v) is 1.33. The van der Waals surface area contributed by atoms with Crippen molar-refractivity contribution in [3.8, 4) is 0 Å². The number of carbonyl (C=O) groups excluding carboxylic acids is 1. The number of hydrogen-bond donors (Lipinski definition) is 0. The number of cyclic esters (lactones) is 1. The Morgan fingerprint density at radius 3 is 2.62 bits per heavy atom. The van der Waals surface area contributed by atoms with E-state index >= 15 is 0 Å². The summed E-state index contributed by atoms with van der Waals surface area (Å²) in [6, 6.07) is 9.80. The van der Waals surface area contributed by atoms with Gasteiger partial charge in [0.1, 0.15) is 0 Å². The van der Waals surface area contributed by atoms with Crippen molar-refractivity contribution in [2.75, 3.05) is 6.61 Å².